The Morgan fingerprint density at radius 3 is 2.75 bits per heavy atom. The summed E-state index contributed by atoms with van der Waals surface area (Å²) in [5.41, 5.74) is 0. The number of rotatable bonds is 4. The summed E-state index contributed by atoms with van der Waals surface area (Å²) in [7, 11) is 1.25. The molecule has 0 N–H and O–H groups in total. The number of hydrogen-bond acceptors (Lipinski definition) is 1. The molecule has 8 heavy (non-hydrogen) atoms. The molecule has 2 heteroatoms. The zero-order valence-electron chi connectivity index (χ0n) is 5.48. The van der Waals surface area contributed by atoms with Crippen molar-refractivity contribution in [3.63, 3.8) is 0 Å². The summed E-state index contributed by atoms with van der Waals surface area (Å²) in [5.74, 6) is 0. The van der Waals surface area contributed by atoms with Gasteiger partial charge in [-0.25, -0.2) is 0 Å². The second-order valence-corrected chi connectivity index (χ2v) is 2.66. The van der Waals surface area contributed by atoms with Crippen molar-refractivity contribution in [2.75, 3.05) is 0 Å². The Morgan fingerprint density at radius 2 is 2.38 bits per heavy atom. The molecule has 0 aromatic rings. The fourth-order valence-electron chi connectivity index (χ4n) is 0.579. The van der Waals surface area contributed by atoms with Crippen molar-refractivity contribution < 1.29 is 0 Å². The lowest BCUT2D eigenvalue weighted by molar-refractivity contribution is 1.07. The zero-order valence-corrected chi connectivity index (χ0v) is 6.38. The molecular formula is C6H13BS. The first-order valence-electron chi connectivity index (χ1n) is 3.14. The van der Waals surface area contributed by atoms with Crippen molar-refractivity contribution in [2.24, 2.45) is 0 Å². The van der Waals surface area contributed by atoms with Crippen LogP contribution in [0.2, 0.25) is 12.6 Å². The highest BCUT2D eigenvalue weighted by Gasteiger charge is 1.88. The minimum absolute atomic E-state index is 1.01. The van der Waals surface area contributed by atoms with Crippen LogP contribution >= 0.6 is 12.6 Å². The van der Waals surface area contributed by atoms with Crippen LogP contribution in [-0.4, -0.2) is 7.28 Å². The molecule has 0 heterocycles. The van der Waals surface area contributed by atoms with Crippen molar-refractivity contribution in [3.8, 4) is 0 Å². The smallest absolute Gasteiger partial charge is 0.126 e. The molecule has 0 bridgehead atoms. The number of hydrogen-bond donors (Lipinski definition) is 1. The Labute approximate surface area is 58.0 Å². The predicted octanol–water partition coefficient (Wildman–Crippen LogP) is 2.11. The van der Waals surface area contributed by atoms with Crippen molar-refractivity contribution in [2.45, 2.75) is 26.0 Å². The van der Waals surface area contributed by atoms with Crippen LogP contribution in [-0.2, 0) is 0 Å². The van der Waals surface area contributed by atoms with Gasteiger partial charge in [-0.05, 0) is 11.2 Å². The van der Waals surface area contributed by atoms with Gasteiger partial charge in [-0.3, -0.25) is 0 Å². The molecular weight excluding hydrogens is 115 g/mol. The summed E-state index contributed by atoms with van der Waals surface area (Å²) in [4.78, 5) is 1.01. The molecule has 0 saturated carbocycles. The highest BCUT2D eigenvalue weighted by molar-refractivity contribution is 7.84. The first-order valence-corrected chi connectivity index (χ1v) is 3.59. The van der Waals surface area contributed by atoms with E-state index in [1.54, 1.807) is 0 Å². The van der Waals surface area contributed by atoms with Gasteiger partial charge in [-0.15, -0.1) is 12.6 Å². The average molecular weight is 128 g/mol. The van der Waals surface area contributed by atoms with E-state index >= 15 is 0 Å². The molecule has 0 aromatic heterocycles. The van der Waals surface area contributed by atoms with Gasteiger partial charge in [0.25, 0.3) is 0 Å². The first kappa shape index (κ1) is 8.15. The van der Waals surface area contributed by atoms with E-state index in [2.05, 4.69) is 26.1 Å². The summed E-state index contributed by atoms with van der Waals surface area (Å²) >= 11 is 4.08. The third kappa shape index (κ3) is 6.15. The third-order valence-corrected chi connectivity index (χ3v) is 1.29. The molecule has 0 spiro atoms. The van der Waals surface area contributed by atoms with Crippen molar-refractivity contribution in [1.82, 2.24) is 0 Å². The minimum Gasteiger partial charge on any atom is -0.149 e. The van der Waals surface area contributed by atoms with E-state index in [-0.39, 0.29) is 0 Å². The van der Waals surface area contributed by atoms with Crippen LogP contribution in [0.5, 0.6) is 0 Å². The molecule has 0 aromatic carbocycles. The summed E-state index contributed by atoms with van der Waals surface area (Å²) < 4.78 is 0. The molecule has 46 valence electrons. The van der Waals surface area contributed by atoms with Crippen molar-refractivity contribution in [1.29, 1.82) is 0 Å². The third-order valence-electron chi connectivity index (χ3n) is 1.07. The lowest BCUT2D eigenvalue weighted by Gasteiger charge is -1.91. The molecule has 0 aliphatic heterocycles. The topological polar surface area (TPSA) is 0 Å². The van der Waals surface area contributed by atoms with Gasteiger partial charge >= 0.3 is 0 Å². The highest BCUT2D eigenvalue weighted by Crippen LogP contribution is 2.03. The SMILES string of the molecule is C=C(S)CBCCC. The van der Waals surface area contributed by atoms with Crippen LogP contribution < -0.4 is 0 Å². The van der Waals surface area contributed by atoms with E-state index < -0.39 is 0 Å². The maximum Gasteiger partial charge on any atom is 0.126 e. The Balaban J connectivity index is 2.82. The van der Waals surface area contributed by atoms with E-state index in [0.717, 1.165) is 11.2 Å². The van der Waals surface area contributed by atoms with Gasteiger partial charge in [0.2, 0.25) is 0 Å². The van der Waals surface area contributed by atoms with Crippen LogP contribution in [0.15, 0.2) is 11.5 Å². The molecule has 0 saturated heterocycles. The minimum atomic E-state index is 1.01. The summed E-state index contributed by atoms with van der Waals surface area (Å²) in [5, 5.41) is 0. The lowest BCUT2D eigenvalue weighted by atomic mass is 9.70. The molecule has 0 atom stereocenters. The van der Waals surface area contributed by atoms with Gasteiger partial charge < -0.3 is 0 Å². The van der Waals surface area contributed by atoms with E-state index in [4.69, 9.17) is 0 Å². The maximum atomic E-state index is 4.08. The fourth-order valence-corrected chi connectivity index (χ4v) is 0.737. The Hall–Kier alpha value is 0.155. The molecule has 0 radical (unpaired) electrons. The zero-order chi connectivity index (χ0) is 6.41. The van der Waals surface area contributed by atoms with Crippen LogP contribution in [0.4, 0.5) is 0 Å². The van der Waals surface area contributed by atoms with E-state index in [9.17, 15) is 0 Å². The maximum absolute atomic E-state index is 4.08. The molecule has 0 unspecified atom stereocenters. The molecule has 0 fully saturated rings. The lowest BCUT2D eigenvalue weighted by Crippen LogP contribution is -1.85. The van der Waals surface area contributed by atoms with E-state index in [1.165, 1.54) is 20.0 Å². The summed E-state index contributed by atoms with van der Waals surface area (Å²) in [6.45, 7) is 5.89. The predicted molar refractivity (Wildman–Crippen MR) is 45.2 cm³/mol. The molecule has 0 aliphatic rings. The second-order valence-electron chi connectivity index (χ2n) is 2.02. The Kier molecular flexibility index (Phi) is 5.40. The first-order chi connectivity index (χ1) is 3.77. The van der Waals surface area contributed by atoms with Crippen LogP contribution in [0.3, 0.4) is 0 Å². The van der Waals surface area contributed by atoms with Crippen molar-refractivity contribution in [3.05, 3.63) is 11.5 Å². The van der Waals surface area contributed by atoms with Crippen LogP contribution in [0, 0.1) is 0 Å². The van der Waals surface area contributed by atoms with Gasteiger partial charge in [0.05, 0.1) is 0 Å². The van der Waals surface area contributed by atoms with Gasteiger partial charge in [0, 0.05) is 0 Å². The fraction of sp³-hybridized carbons (Fsp3) is 0.667. The number of thiol groups is 1. The average Bonchev–Trinajstić information content (AvgIpc) is 1.66. The second kappa shape index (κ2) is 5.29. The normalized spacial score (nSPS) is 8.75. The van der Waals surface area contributed by atoms with Crippen LogP contribution in [0.25, 0.3) is 0 Å². The van der Waals surface area contributed by atoms with E-state index in [1.807, 2.05) is 0 Å². The molecule has 0 amide bonds. The van der Waals surface area contributed by atoms with Crippen LogP contribution in [0.1, 0.15) is 13.3 Å². The number of allylic oxidation sites excluding steroid dienone is 1. The van der Waals surface area contributed by atoms with E-state index in [0.29, 0.717) is 0 Å². The molecule has 0 aliphatic carbocycles. The Morgan fingerprint density at radius 1 is 1.75 bits per heavy atom. The standard InChI is InChI=1S/C6H13BS/c1-3-4-7-5-6(2)8/h7-8H,2-5H2,1H3. The van der Waals surface area contributed by atoms with Gasteiger partial charge in [0.1, 0.15) is 7.28 Å². The van der Waals surface area contributed by atoms with Gasteiger partial charge in [0.15, 0.2) is 0 Å². The summed E-state index contributed by atoms with van der Waals surface area (Å²) in [6.07, 6.45) is 3.66. The quantitative estimate of drug-likeness (QED) is 0.334. The highest BCUT2D eigenvalue weighted by atomic mass is 32.1. The molecule has 0 rings (SSSR count). The molecule has 0 nitrogen and oxygen atoms in total. The Bertz CT molecular complexity index is 70.9. The summed E-state index contributed by atoms with van der Waals surface area (Å²) in [6, 6.07) is 0. The largest absolute Gasteiger partial charge is 0.149 e. The van der Waals surface area contributed by atoms with Crippen molar-refractivity contribution >= 4 is 19.9 Å². The monoisotopic (exact) mass is 128 g/mol. The van der Waals surface area contributed by atoms with Gasteiger partial charge in [-0.1, -0.05) is 26.2 Å². The van der Waals surface area contributed by atoms with Gasteiger partial charge in [-0.2, -0.15) is 0 Å².